The van der Waals surface area contributed by atoms with Gasteiger partial charge in [0.2, 0.25) is 0 Å². The molecule has 0 spiro atoms. The molecule has 8 aromatic rings. The predicted octanol–water partition coefficient (Wildman–Crippen LogP) is 10.5. The summed E-state index contributed by atoms with van der Waals surface area (Å²) < 4.78 is 4.86. The minimum Gasteiger partial charge on any atom is -0.308 e. The summed E-state index contributed by atoms with van der Waals surface area (Å²) in [7, 11) is 0. The maximum Gasteiger partial charge on any atom is 0.0992 e. The van der Waals surface area contributed by atoms with Crippen molar-refractivity contribution in [2.75, 3.05) is 0 Å². The summed E-state index contributed by atoms with van der Waals surface area (Å²) in [6.45, 7) is 8.70. The first-order chi connectivity index (χ1) is 22.4. The molecule has 2 aromatic heterocycles. The number of rotatable bonds is 3. The summed E-state index contributed by atoms with van der Waals surface area (Å²) in [5.41, 5.74) is 14.3. The van der Waals surface area contributed by atoms with Gasteiger partial charge in [0.05, 0.1) is 56.7 Å². The summed E-state index contributed by atoms with van der Waals surface area (Å²) >= 11 is 0. The van der Waals surface area contributed by atoms with Crippen LogP contribution in [-0.2, 0) is 0 Å². The van der Waals surface area contributed by atoms with Crippen molar-refractivity contribution >= 4 is 43.6 Å². The van der Waals surface area contributed by atoms with Crippen LogP contribution in [-0.4, -0.2) is 9.13 Å². The Hall–Kier alpha value is -6.10. The van der Waals surface area contributed by atoms with Gasteiger partial charge in [0.1, 0.15) is 0 Å². The van der Waals surface area contributed by atoms with Gasteiger partial charge < -0.3 is 9.13 Å². The zero-order valence-corrected chi connectivity index (χ0v) is 26.2. The van der Waals surface area contributed by atoms with E-state index in [1.54, 1.807) is 6.07 Å². The van der Waals surface area contributed by atoms with E-state index in [0.29, 0.717) is 11.1 Å². The van der Waals surface area contributed by atoms with Crippen molar-refractivity contribution in [3.05, 3.63) is 143 Å². The van der Waals surface area contributed by atoms with E-state index in [0.717, 1.165) is 60.4 Å². The standard InChI is InChI=1S/C42H30N4/c1-25-11-9-12-26(2)39(25)45-36-17-7-5-15-32(36)35-22-34(31-20-29(23-43)19-30(21-31)24-44)41-38(42(35)45)33-16-6-8-18-37(33)46(41)40-27(3)13-10-14-28(40)4/h5-22H,1-4H3. The molecule has 0 fully saturated rings. The van der Waals surface area contributed by atoms with E-state index in [2.05, 4.69) is 140 Å². The quantitative estimate of drug-likeness (QED) is 0.206. The second-order valence-electron chi connectivity index (χ2n) is 12.3. The van der Waals surface area contributed by atoms with E-state index in [9.17, 15) is 10.5 Å². The van der Waals surface area contributed by atoms with Crippen LogP contribution in [0.25, 0.3) is 66.1 Å². The van der Waals surface area contributed by atoms with E-state index < -0.39 is 0 Å². The van der Waals surface area contributed by atoms with Crippen LogP contribution in [0.15, 0.2) is 109 Å². The van der Waals surface area contributed by atoms with Gasteiger partial charge in [-0.05, 0) is 91.9 Å². The Balaban J connectivity index is 1.73. The highest BCUT2D eigenvalue weighted by atomic mass is 15.0. The van der Waals surface area contributed by atoms with Crippen LogP contribution in [0.2, 0.25) is 0 Å². The fraction of sp³-hybridized carbons (Fsp3) is 0.0952. The van der Waals surface area contributed by atoms with Crippen LogP contribution in [0, 0.1) is 50.4 Å². The lowest BCUT2D eigenvalue weighted by atomic mass is 9.95. The zero-order valence-electron chi connectivity index (χ0n) is 26.2. The first-order valence-corrected chi connectivity index (χ1v) is 15.5. The molecule has 0 bridgehead atoms. The van der Waals surface area contributed by atoms with Gasteiger partial charge in [0.15, 0.2) is 0 Å². The van der Waals surface area contributed by atoms with Gasteiger partial charge in [0, 0.05) is 27.1 Å². The molecule has 0 radical (unpaired) electrons. The lowest BCUT2D eigenvalue weighted by Crippen LogP contribution is -2.02. The van der Waals surface area contributed by atoms with Crippen LogP contribution in [0.3, 0.4) is 0 Å². The topological polar surface area (TPSA) is 57.4 Å². The minimum atomic E-state index is 0.468. The Morgan fingerprint density at radius 1 is 0.478 bits per heavy atom. The Bertz CT molecular complexity index is 2580. The molecule has 6 aromatic carbocycles. The first-order valence-electron chi connectivity index (χ1n) is 15.5. The molecule has 0 aliphatic carbocycles. The molecule has 2 heterocycles. The molecule has 8 rings (SSSR count). The van der Waals surface area contributed by atoms with E-state index >= 15 is 0 Å². The number of para-hydroxylation sites is 4. The Kier molecular flexibility index (Phi) is 6.11. The van der Waals surface area contributed by atoms with E-state index in [1.807, 2.05) is 12.1 Å². The fourth-order valence-electron chi connectivity index (χ4n) is 7.52. The van der Waals surface area contributed by atoms with Crippen molar-refractivity contribution in [1.82, 2.24) is 9.13 Å². The van der Waals surface area contributed by atoms with Crippen LogP contribution in [0.5, 0.6) is 0 Å². The summed E-state index contributed by atoms with van der Waals surface area (Å²) in [5, 5.41) is 24.6. The Morgan fingerprint density at radius 2 is 0.957 bits per heavy atom. The minimum absolute atomic E-state index is 0.468. The third-order valence-corrected chi connectivity index (χ3v) is 9.40. The lowest BCUT2D eigenvalue weighted by molar-refractivity contribution is 1.12. The van der Waals surface area contributed by atoms with Crippen LogP contribution >= 0.6 is 0 Å². The van der Waals surface area contributed by atoms with Gasteiger partial charge in [-0.2, -0.15) is 10.5 Å². The van der Waals surface area contributed by atoms with Gasteiger partial charge in [-0.1, -0.05) is 72.8 Å². The average molecular weight is 591 g/mol. The van der Waals surface area contributed by atoms with E-state index in [4.69, 9.17) is 0 Å². The number of nitrogens with zero attached hydrogens (tertiary/aromatic N) is 4. The number of nitriles is 2. The number of hydrogen-bond donors (Lipinski definition) is 0. The van der Waals surface area contributed by atoms with Crippen molar-refractivity contribution in [3.8, 4) is 34.6 Å². The lowest BCUT2D eigenvalue weighted by Gasteiger charge is -2.18. The number of aryl methyl sites for hydroxylation is 4. The number of benzene rings is 6. The van der Waals surface area contributed by atoms with Crippen molar-refractivity contribution in [1.29, 1.82) is 10.5 Å². The molecule has 46 heavy (non-hydrogen) atoms. The van der Waals surface area contributed by atoms with E-state index in [1.165, 1.54) is 27.9 Å². The van der Waals surface area contributed by atoms with Gasteiger partial charge in [-0.15, -0.1) is 0 Å². The normalized spacial score (nSPS) is 11.4. The summed E-state index contributed by atoms with van der Waals surface area (Å²) in [6, 6.07) is 42.6. The molecule has 0 N–H and O–H groups in total. The second kappa shape index (κ2) is 10.2. The van der Waals surface area contributed by atoms with Gasteiger partial charge in [0.25, 0.3) is 0 Å². The summed E-state index contributed by atoms with van der Waals surface area (Å²) in [5.74, 6) is 0. The highest BCUT2D eigenvalue weighted by Gasteiger charge is 2.26. The summed E-state index contributed by atoms with van der Waals surface area (Å²) in [6.07, 6.45) is 0. The van der Waals surface area contributed by atoms with Crippen molar-refractivity contribution < 1.29 is 0 Å². The number of hydrogen-bond acceptors (Lipinski definition) is 2. The molecular formula is C42H30N4. The van der Waals surface area contributed by atoms with Crippen LogP contribution in [0.1, 0.15) is 33.4 Å². The largest absolute Gasteiger partial charge is 0.308 e. The highest BCUT2D eigenvalue weighted by molar-refractivity contribution is 6.29. The SMILES string of the molecule is Cc1cccc(C)c1-n1c2ccccc2c2c1c(-c1cc(C#N)cc(C#N)c1)cc1c3ccccc3n(-c3c(C)cccc3C)c12. The third kappa shape index (κ3) is 3.84. The van der Waals surface area contributed by atoms with E-state index in [-0.39, 0.29) is 0 Å². The van der Waals surface area contributed by atoms with Crippen LogP contribution < -0.4 is 0 Å². The third-order valence-electron chi connectivity index (χ3n) is 9.40. The second-order valence-corrected chi connectivity index (χ2v) is 12.3. The van der Waals surface area contributed by atoms with Gasteiger partial charge in [-0.25, -0.2) is 0 Å². The predicted molar refractivity (Wildman–Crippen MR) is 189 cm³/mol. The zero-order chi connectivity index (χ0) is 31.7. The molecular weight excluding hydrogens is 560 g/mol. The smallest absolute Gasteiger partial charge is 0.0992 e. The summed E-state index contributed by atoms with van der Waals surface area (Å²) in [4.78, 5) is 0. The molecule has 0 aliphatic heterocycles. The van der Waals surface area contributed by atoms with Crippen molar-refractivity contribution in [3.63, 3.8) is 0 Å². The number of fused-ring (bicyclic) bond motifs is 7. The molecule has 4 heteroatoms. The molecule has 4 nitrogen and oxygen atoms in total. The maximum absolute atomic E-state index is 9.99. The highest BCUT2D eigenvalue weighted by Crippen LogP contribution is 2.47. The Morgan fingerprint density at radius 3 is 1.50 bits per heavy atom. The Labute approximate surface area is 267 Å². The molecule has 0 atom stereocenters. The monoisotopic (exact) mass is 590 g/mol. The van der Waals surface area contributed by atoms with Crippen molar-refractivity contribution in [2.45, 2.75) is 27.7 Å². The van der Waals surface area contributed by atoms with Crippen LogP contribution in [0.4, 0.5) is 0 Å². The molecule has 0 amide bonds. The molecule has 0 unspecified atom stereocenters. The maximum atomic E-state index is 9.99. The average Bonchev–Trinajstić information content (AvgIpc) is 3.57. The fourth-order valence-corrected chi connectivity index (χ4v) is 7.52. The molecule has 0 saturated carbocycles. The molecule has 0 aliphatic rings. The van der Waals surface area contributed by atoms with Gasteiger partial charge >= 0.3 is 0 Å². The van der Waals surface area contributed by atoms with Crippen molar-refractivity contribution in [2.24, 2.45) is 0 Å². The number of aromatic nitrogens is 2. The van der Waals surface area contributed by atoms with Gasteiger partial charge in [-0.3, -0.25) is 0 Å². The molecule has 0 saturated heterocycles. The first kappa shape index (κ1) is 27.4. The molecule has 218 valence electrons.